The number of alkyl halides is 6. The van der Waals surface area contributed by atoms with Gasteiger partial charge >= 0.3 is 18.4 Å². The van der Waals surface area contributed by atoms with Crippen LogP contribution in [0.5, 0.6) is 0 Å². The third kappa shape index (κ3) is 5.25. The lowest BCUT2D eigenvalue weighted by molar-refractivity contribution is -0.376. The van der Waals surface area contributed by atoms with Crippen molar-refractivity contribution in [2.24, 2.45) is 0 Å². The van der Waals surface area contributed by atoms with E-state index in [1.54, 1.807) is 0 Å². The molecule has 0 aliphatic carbocycles. The second-order valence-electron chi connectivity index (χ2n) is 7.52. The van der Waals surface area contributed by atoms with Crippen LogP contribution in [0.3, 0.4) is 0 Å². The highest BCUT2D eigenvalue weighted by molar-refractivity contribution is 5.92. The number of rotatable bonds is 5. The molecule has 1 N–H and O–H groups in total. The van der Waals surface area contributed by atoms with Gasteiger partial charge in [-0.05, 0) is 24.1 Å². The second kappa shape index (κ2) is 9.60. The first-order valence-corrected chi connectivity index (χ1v) is 10.1. The number of hydrogen-bond donors (Lipinski definition) is 1. The summed E-state index contributed by atoms with van der Waals surface area (Å²) >= 11 is 0. The molecule has 2 amide bonds. The van der Waals surface area contributed by atoms with E-state index >= 15 is 0 Å². The number of anilines is 1. The number of nitrogens with zero attached hydrogens (tertiary/aromatic N) is 2. The number of hydrogen-bond acceptors (Lipinski definition) is 3. The summed E-state index contributed by atoms with van der Waals surface area (Å²) < 4.78 is 84.3. The largest absolute Gasteiger partial charge is 0.430 e. The molecule has 0 unspecified atom stereocenters. The first-order valence-electron chi connectivity index (χ1n) is 10.1. The average Bonchev–Trinajstić information content (AvgIpc) is 2.78. The maximum absolute atomic E-state index is 13.2. The van der Waals surface area contributed by atoms with E-state index in [1.807, 2.05) is 30.3 Å². The van der Waals surface area contributed by atoms with Crippen LogP contribution in [-0.2, 0) is 16.8 Å². The van der Waals surface area contributed by atoms with Crippen LogP contribution in [-0.4, -0.2) is 61.2 Å². The van der Waals surface area contributed by atoms with Gasteiger partial charge in [0.1, 0.15) is 0 Å². The third-order valence-electron chi connectivity index (χ3n) is 5.40. The van der Waals surface area contributed by atoms with Gasteiger partial charge in [-0.25, -0.2) is 4.79 Å². The lowest BCUT2D eigenvalue weighted by atomic mass is 9.92. The minimum atomic E-state index is -5.98. The van der Waals surface area contributed by atoms with Gasteiger partial charge in [0.05, 0.1) is 13.2 Å². The van der Waals surface area contributed by atoms with Gasteiger partial charge < -0.3 is 14.7 Å². The summed E-state index contributed by atoms with van der Waals surface area (Å²) in [4.78, 5) is 15.9. The van der Waals surface area contributed by atoms with E-state index in [2.05, 4.69) is 0 Å². The molecule has 0 radical (unpaired) electrons. The third-order valence-corrected chi connectivity index (χ3v) is 5.40. The van der Waals surface area contributed by atoms with Crippen LogP contribution in [0.2, 0.25) is 0 Å². The molecule has 0 aromatic heterocycles. The van der Waals surface area contributed by atoms with Crippen molar-refractivity contribution in [1.82, 2.24) is 4.90 Å². The van der Waals surface area contributed by atoms with Gasteiger partial charge in [-0.2, -0.15) is 26.3 Å². The van der Waals surface area contributed by atoms with Crippen molar-refractivity contribution in [3.63, 3.8) is 0 Å². The SMILES string of the molecule is O=C(N1CCOCC1)N(CCc1ccccc1)c1ccc(C(O)(C(F)(F)F)C(F)(F)F)cc1. The van der Waals surface area contributed by atoms with E-state index in [0.717, 1.165) is 17.7 Å². The Hall–Kier alpha value is -2.79. The maximum atomic E-state index is 13.2. The Morgan fingerprint density at radius 3 is 1.97 bits per heavy atom. The van der Waals surface area contributed by atoms with Crippen molar-refractivity contribution >= 4 is 11.7 Å². The van der Waals surface area contributed by atoms with Crippen LogP contribution in [0.15, 0.2) is 54.6 Å². The van der Waals surface area contributed by atoms with Crippen LogP contribution < -0.4 is 4.90 Å². The molecule has 0 bridgehead atoms. The summed E-state index contributed by atoms with van der Waals surface area (Å²) in [5.74, 6) is 0. The Bertz CT molecular complexity index is 912. The van der Waals surface area contributed by atoms with Crippen molar-refractivity contribution in [2.45, 2.75) is 24.4 Å². The number of morpholine rings is 1. The Balaban J connectivity index is 1.91. The smallest absolute Gasteiger partial charge is 0.378 e. The molecule has 1 fully saturated rings. The van der Waals surface area contributed by atoms with E-state index in [1.165, 1.54) is 9.80 Å². The van der Waals surface area contributed by atoms with Gasteiger partial charge in [0, 0.05) is 30.9 Å². The van der Waals surface area contributed by atoms with E-state index < -0.39 is 29.5 Å². The first kappa shape index (κ1) is 24.8. The number of urea groups is 1. The Morgan fingerprint density at radius 2 is 1.45 bits per heavy atom. The summed E-state index contributed by atoms with van der Waals surface area (Å²) in [5, 5.41) is 9.60. The molecular weight excluding hydrogens is 454 g/mol. The standard InChI is InChI=1S/C22H22F6N2O3/c23-21(24,25)20(32,22(26,27)28)17-6-8-18(9-7-17)30(11-10-16-4-2-1-3-5-16)19(31)29-12-14-33-15-13-29/h1-9,32H,10-15H2. The average molecular weight is 476 g/mol. The highest BCUT2D eigenvalue weighted by atomic mass is 19.4. The molecule has 0 spiro atoms. The molecule has 0 saturated carbocycles. The number of amides is 2. The van der Waals surface area contributed by atoms with Crippen molar-refractivity contribution in [3.8, 4) is 0 Å². The lowest BCUT2D eigenvalue weighted by Crippen LogP contribution is -2.54. The number of benzene rings is 2. The van der Waals surface area contributed by atoms with Gasteiger partial charge in [-0.15, -0.1) is 0 Å². The fourth-order valence-corrected chi connectivity index (χ4v) is 3.52. The normalized spacial score (nSPS) is 15.4. The molecule has 1 aliphatic rings. The number of carbonyl (C=O) groups excluding carboxylic acids is 1. The predicted octanol–water partition coefficient (Wildman–Crippen LogP) is 4.50. The van der Waals surface area contributed by atoms with Crippen LogP contribution in [0.25, 0.3) is 0 Å². The lowest BCUT2D eigenvalue weighted by Gasteiger charge is -2.34. The van der Waals surface area contributed by atoms with E-state index in [0.29, 0.717) is 44.9 Å². The van der Waals surface area contributed by atoms with Crippen molar-refractivity contribution < 1.29 is 41.0 Å². The minimum Gasteiger partial charge on any atom is -0.378 e. The highest BCUT2D eigenvalue weighted by Crippen LogP contribution is 2.50. The van der Waals surface area contributed by atoms with Gasteiger partial charge in [-0.1, -0.05) is 42.5 Å². The van der Waals surface area contributed by atoms with E-state index in [4.69, 9.17) is 4.74 Å². The van der Waals surface area contributed by atoms with Crippen molar-refractivity contribution in [2.75, 3.05) is 37.7 Å². The molecule has 1 heterocycles. The summed E-state index contributed by atoms with van der Waals surface area (Å²) in [7, 11) is 0. The molecule has 2 aromatic carbocycles. The van der Waals surface area contributed by atoms with Crippen LogP contribution >= 0.6 is 0 Å². The topological polar surface area (TPSA) is 53.0 Å². The summed E-state index contributed by atoms with van der Waals surface area (Å²) in [6, 6.07) is 11.7. The minimum absolute atomic E-state index is 0.109. The van der Waals surface area contributed by atoms with Crippen LogP contribution in [0.1, 0.15) is 11.1 Å². The zero-order chi connectivity index (χ0) is 24.3. The maximum Gasteiger partial charge on any atom is 0.430 e. The van der Waals surface area contributed by atoms with Crippen LogP contribution in [0, 0.1) is 0 Å². The molecule has 33 heavy (non-hydrogen) atoms. The summed E-state index contributed by atoms with van der Waals surface area (Å²) in [6.45, 7) is 1.40. The molecule has 11 heteroatoms. The Morgan fingerprint density at radius 1 is 0.909 bits per heavy atom. The van der Waals surface area contributed by atoms with Gasteiger partial charge in [0.2, 0.25) is 0 Å². The molecule has 0 atom stereocenters. The van der Waals surface area contributed by atoms with Gasteiger partial charge in [0.25, 0.3) is 5.60 Å². The van der Waals surface area contributed by atoms with Crippen LogP contribution in [0.4, 0.5) is 36.8 Å². The first-order chi connectivity index (χ1) is 15.4. The summed E-state index contributed by atoms with van der Waals surface area (Å²) in [5.41, 5.74) is -5.40. The predicted molar refractivity (Wildman–Crippen MR) is 108 cm³/mol. The molecule has 1 aliphatic heterocycles. The Labute approximate surface area is 186 Å². The van der Waals surface area contributed by atoms with E-state index in [-0.39, 0.29) is 12.2 Å². The quantitative estimate of drug-likeness (QED) is 0.647. The number of carbonyl (C=O) groups is 1. The summed E-state index contributed by atoms with van der Waals surface area (Å²) in [6.07, 6.45) is -11.6. The molecule has 180 valence electrons. The zero-order valence-electron chi connectivity index (χ0n) is 17.4. The van der Waals surface area contributed by atoms with Crippen molar-refractivity contribution in [3.05, 3.63) is 65.7 Å². The van der Waals surface area contributed by atoms with Gasteiger partial charge in [-0.3, -0.25) is 4.90 Å². The fourth-order valence-electron chi connectivity index (χ4n) is 3.52. The number of halogens is 6. The number of aliphatic hydroxyl groups is 1. The second-order valence-corrected chi connectivity index (χ2v) is 7.52. The monoisotopic (exact) mass is 476 g/mol. The highest BCUT2D eigenvalue weighted by Gasteiger charge is 2.71. The molecule has 1 saturated heterocycles. The fraction of sp³-hybridized carbons (Fsp3) is 0.409. The molecule has 2 aromatic rings. The molecule has 5 nitrogen and oxygen atoms in total. The van der Waals surface area contributed by atoms with Gasteiger partial charge in [0.15, 0.2) is 0 Å². The zero-order valence-corrected chi connectivity index (χ0v) is 17.4. The molecule has 3 rings (SSSR count). The van der Waals surface area contributed by atoms with E-state index in [9.17, 15) is 36.2 Å². The number of ether oxygens (including phenoxy) is 1. The van der Waals surface area contributed by atoms with Crippen molar-refractivity contribution in [1.29, 1.82) is 0 Å². The molecular formula is C22H22F6N2O3. The Kier molecular flexibility index (Phi) is 7.23.